The lowest BCUT2D eigenvalue weighted by molar-refractivity contribution is 0.246. The van der Waals surface area contributed by atoms with Crippen molar-refractivity contribution in [2.45, 2.75) is 58.4 Å². The lowest BCUT2D eigenvalue weighted by Crippen LogP contribution is -2.34. The molecule has 3 rings (SSSR count). The van der Waals surface area contributed by atoms with Gasteiger partial charge in [0.05, 0.1) is 22.4 Å². The van der Waals surface area contributed by atoms with Crippen LogP contribution in [0.2, 0.25) is 0 Å². The number of hydrogen-bond donors (Lipinski definition) is 2. The second-order valence-electron chi connectivity index (χ2n) is 7.37. The minimum Gasteiger partial charge on any atom is -0.329 e. The van der Waals surface area contributed by atoms with E-state index in [4.69, 9.17) is 0 Å². The molecule has 2 N–H and O–H groups in total. The monoisotopic (exact) mass is 347 g/mol. The number of nitrogens with zero attached hydrogens (tertiary/aromatic N) is 3. The maximum atomic E-state index is 12.4. The summed E-state index contributed by atoms with van der Waals surface area (Å²) in [7, 11) is 1.84. The fourth-order valence-corrected chi connectivity index (χ4v) is 3.98. The van der Waals surface area contributed by atoms with Crippen molar-refractivity contribution in [2.75, 3.05) is 5.32 Å². The molecule has 2 aromatic rings. The normalized spacial score (nSPS) is 17.5. The van der Waals surface area contributed by atoms with Crippen molar-refractivity contribution in [1.29, 1.82) is 0 Å². The minimum absolute atomic E-state index is 0.00554. The Morgan fingerprint density at radius 3 is 2.83 bits per heavy atom. The number of urea groups is 1. The van der Waals surface area contributed by atoms with E-state index in [9.17, 15) is 4.79 Å². The van der Waals surface area contributed by atoms with E-state index in [-0.39, 0.29) is 17.5 Å². The Morgan fingerprint density at radius 2 is 2.17 bits per heavy atom. The van der Waals surface area contributed by atoms with E-state index < -0.39 is 0 Å². The molecule has 0 saturated carbocycles. The Balaban J connectivity index is 1.70. The number of hydrogen-bond acceptors (Lipinski definition) is 4. The number of rotatable bonds is 2. The summed E-state index contributed by atoms with van der Waals surface area (Å²) in [5.41, 5.74) is 1.94. The minimum atomic E-state index is -0.207. The van der Waals surface area contributed by atoms with E-state index in [0.717, 1.165) is 35.7 Å². The molecule has 6 nitrogen and oxygen atoms in total. The number of carbonyl (C=O) groups is 1. The average molecular weight is 347 g/mol. The fourth-order valence-electron chi connectivity index (χ4n) is 2.94. The van der Waals surface area contributed by atoms with Gasteiger partial charge in [-0.15, -0.1) is 11.3 Å². The molecule has 0 aromatic carbocycles. The summed E-state index contributed by atoms with van der Waals surface area (Å²) in [4.78, 5) is 18.3. The molecule has 1 aliphatic rings. The number of thiazole rings is 1. The highest BCUT2D eigenvalue weighted by molar-refractivity contribution is 7.11. The molecular weight excluding hydrogens is 322 g/mol. The van der Waals surface area contributed by atoms with Gasteiger partial charge >= 0.3 is 6.03 Å². The molecule has 24 heavy (non-hydrogen) atoms. The topological polar surface area (TPSA) is 71.8 Å². The van der Waals surface area contributed by atoms with Gasteiger partial charge in [0, 0.05) is 23.4 Å². The van der Waals surface area contributed by atoms with Crippen LogP contribution in [0.3, 0.4) is 0 Å². The Morgan fingerprint density at radius 1 is 1.42 bits per heavy atom. The van der Waals surface area contributed by atoms with E-state index in [1.807, 2.05) is 20.0 Å². The third kappa shape index (κ3) is 3.45. The standard InChI is InChI=1S/C17H25N5OS/c1-10-18-15-11(7-6-8-12(15)24-10)19-16(23)20-14-9-13(17(2,3)4)21-22(14)5/h9,11H,6-8H2,1-5H3,(H2,19,20,23). The van der Waals surface area contributed by atoms with Crippen molar-refractivity contribution in [3.8, 4) is 0 Å². The third-order valence-electron chi connectivity index (χ3n) is 4.26. The van der Waals surface area contributed by atoms with Crippen LogP contribution in [0, 0.1) is 6.92 Å². The SMILES string of the molecule is Cc1nc2c(s1)CCCC2NC(=O)Nc1cc(C(C)(C)C)nn1C. The van der Waals surface area contributed by atoms with Crippen molar-refractivity contribution < 1.29 is 4.79 Å². The third-order valence-corrected chi connectivity index (χ3v) is 5.30. The summed E-state index contributed by atoms with van der Waals surface area (Å²) in [6, 6.07) is 1.72. The molecule has 0 bridgehead atoms. The van der Waals surface area contributed by atoms with Crippen molar-refractivity contribution in [3.63, 3.8) is 0 Å². The van der Waals surface area contributed by atoms with Crippen LogP contribution in [0.15, 0.2) is 6.07 Å². The summed E-state index contributed by atoms with van der Waals surface area (Å²) in [5, 5.41) is 11.5. The van der Waals surface area contributed by atoms with E-state index in [2.05, 4.69) is 41.5 Å². The molecule has 130 valence electrons. The first-order valence-corrected chi connectivity index (χ1v) is 9.14. The van der Waals surface area contributed by atoms with Gasteiger partial charge in [0.2, 0.25) is 0 Å². The number of aryl methyl sites for hydroxylation is 3. The van der Waals surface area contributed by atoms with Crippen LogP contribution in [0.1, 0.15) is 60.9 Å². The van der Waals surface area contributed by atoms with Crippen LogP contribution >= 0.6 is 11.3 Å². The van der Waals surface area contributed by atoms with Crippen LogP contribution < -0.4 is 10.6 Å². The first-order chi connectivity index (χ1) is 11.2. The average Bonchev–Trinajstić information content (AvgIpc) is 3.02. The van der Waals surface area contributed by atoms with E-state index in [1.165, 1.54) is 4.88 Å². The number of amides is 2. The lowest BCUT2D eigenvalue weighted by atomic mass is 9.92. The molecule has 0 spiro atoms. The predicted molar refractivity (Wildman–Crippen MR) is 96.6 cm³/mol. The molecular formula is C17H25N5OS. The van der Waals surface area contributed by atoms with Gasteiger partial charge in [-0.25, -0.2) is 9.78 Å². The zero-order valence-corrected chi connectivity index (χ0v) is 15.8. The Hall–Kier alpha value is -1.89. The van der Waals surface area contributed by atoms with E-state index in [0.29, 0.717) is 5.82 Å². The summed E-state index contributed by atoms with van der Waals surface area (Å²) < 4.78 is 1.71. The molecule has 2 aromatic heterocycles. The Bertz CT molecular complexity index is 756. The highest BCUT2D eigenvalue weighted by atomic mass is 32.1. The number of fused-ring (bicyclic) bond motifs is 1. The molecule has 7 heteroatoms. The van der Waals surface area contributed by atoms with Crippen molar-refractivity contribution in [2.24, 2.45) is 7.05 Å². The van der Waals surface area contributed by atoms with Gasteiger partial charge in [0.1, 0.15) is 5.82 Å². The van der Waals surface area contributed by atoms with Gasteiger partial charge in [-0.3, -0.25) is 10.00 Å². The highest BCUT2D eigenvalue weighted by Gasteiger charge is 2.26. The number of anilines is 1. The number of carbonyl (C=O) groups excluding carboxylic acids is 1. The largest absolute Gasteiger partial charge is 0.329 e. The van der Waals surface area contributed by atoms with Crippen LogP contribution in [-0.2, 0) is 18.9 Å². The van der Waals surface area contributed by atoms with Gasteiger partial charge in [0.15, 0.2) is 0 Å². The van der Waals surface area contributed by atoms with Gasteiger partial charge < -0.3 is 5.32 Å². The highest BCUT2D eigenvalue weighted by Crippen LogP contribution is 2.33. The quantitative estimate of drug-likeness (QED) is 0.870. The fraction of sp³-hybridized carbons (Fsp3) is 0.588. The predicted octanol–water partition coefficient (Wildman–Crippen LogP) is 3.68. The second-order valence-corrected chi connectivity index (χ2v) is 8.66. The van der Waals surface area contributed by atoms with E-state index in [1.54, 1.807) is 16.0 Å². The molecule has 0 saturated heterocycles. The molecule has 0 aliphatic heterocycles. The van der Waals surface area contributed by atoms with Gasteiger partial charge in [-0.2, -0.15) is 5.10 Å². The Kier molecular flexibility index (Phi) is 4.38. The molecule has 0 radical (unpaired) electrons. The van der Waals surface area contributed by atoms with Crippen LogP contribution in [0.5, 0.6) is 0 Å². The van der Waals surface area contributed by atoms with Crippen LogP contribution in [0.4, 0.5) is 10.6 Å². The number of aromatic nitrogens is 3. The van der Waals surface area contributed by atoms with Crippen molar-refractivity contribution in [1.82, 2.24) is 20.1 Å². The molecule has 1 unspecified atom stereocenters. The summed E-state index contributed by atoms with van der Waals surface area (Å²) in [6.45, 7) is 8.33. The summed E-state index contributed by atoms with van der Waals surface area (Å²) >= 11 is 1.74. The first-order valence-electron chi connectivity index (χ1n) is 8.32. The zero-order chi connectivity index (χ0) is 17.5. The lowest BCUT2D eigenvalue weighted by Gasteiger charge is -2.22. The maximum absolute atomic E-state index is 12.4. The first kappa shape index (κ1) is 17.0. The van der Waals surface area contributed by atoms with Crippen LogP contribution in [0.25, 0.3) is 0 Å². The molecule has 1 aliphatic carbocycles. The van der Waals surface area contributed by atoms with Crippen molar-refractivity contribution >= 4 is 23.2 Å². The number of nitrogens with one attached hydrogen (secondary N) is 2. The summed E-state index contributed by atoms with van der Waals surface area (Å²) in [6.07, 6.45) is 3.08. The zero-order valence-electron chi connectivity index (χ0n) is 14.9. The van der Waals surface area contributed by atoms with Crippen molar-refractivity contribution in [3.05, 3.63) is 27.3 Å². The second kappa shape index (κ2) is 6.20. The summed E-state index contributed by atoms with van der Waals surface area (Å²) in [5.74, 6) is 0.697. The van der Waals surface area contributed by atoms with Gasteiger partial charge in [0.25, 0.3) is 0 Å². The molecule has 1 atom stereocenters. The van der Waals surface area contributed by atoms with Gasteiger partial charge in [-0.05, 0) is 26.2 Å². The molecule has 2 heterocycles. The van der Waals surface area contributed by atoms with Crippen LogP contribution in [-0.4, -0.2) is 20.8 Å². The van der Waals surface area contributed by atoms with Gasteiger partial charge in [-0.1, -0.05) is 20.8 Å². The molecule has 0 fully saturated rings. The molecule has 2 amide bonds. The maximum Gasteiger partial charge on any atom is 0.320 e. The Labute approximate surface area is 146 Å². The smallest absolute Gasteiger partial charge is 0.320 e. The van der Waals surface area contributed by atoms with E-state index >= 15 is 0 Å².